The summed E-state index contributed by atoms with van der Waals surface area (Å²) in [7, 11) is -3.84. The summed E-state index contributed by atoms with van der Waals surface area (Å²) in [4.78, 5) is 17.6. The SMILES string of the molecule is CCOCCn1c(=NC(=O)c2ccc3c(c2)OCCO3)sc2cc(S(N)(=O)=O)ccc21. The molecular weight excluding hydrogens is 442 g/mol. The number of amides is 1. The first-order valence-electron chi connectivity index (χ1n) is 9.59. The summed E-state index contributed by atoms with van der Waals surface area (Å²) in [5, 5.41) is 5.25. The largest absolute Gasteiger partial charge is 0.486 e. The Morgan fingerprint density at radius 1 is 1.19 bits per heavy atom. The smallest absolute Gasteiger partial charge is 0.279 e. The molecule has 2 heterocycles. The number of thiazole rings is 1. The number of hydrogen-bond donors (Lipinski definition) is 1. The molecule has 4 rings (SSSR count). The van der Waals surface area contributed by atoms with E-state index in [9.17, 15) is 13.2 Å². The van der Waals surface area contributed by atoms with Crippen LogP contribution in [0, 0.1) is 0 Å². The summed E-state index contributed by atoms with van der Waals surface area (Å²) >= 11 is 1.21. The fraction of sp³-hybridized carbons (Fsp3) is 0.300. The van der Waals surface area contributed by atoms with Crippen LogP contribution in [0.1, 0.15) is 17.3 Å². The molecule has 0 fully saturated rings. The van der Waals surface area contributed by atoms with Gasteiger partial charge in [0.15, 0.2) is 16.3 Å². The summed E-state index contributed by atoms with van der Waals surface area (Å²) in [6.45, 7) is 4.21. The molecule has 9 nitrogen and oxygen atoms in total. The molecule has 1 aliphatic rings. The third kappa shape index (κ3) is 4.64. The minimum atomic E-state index is -3.84. The van der Waals surface area contributed by atoms with Crippen LogP contribution in [0.5, 0.6) is 11.5 Å². The highest BCUT2D eigenvalue weighted by Crippen LogP contribution is 2.31. The lowest BCUT2D eigenvalue weighted by Gasteiger charge is -2.18. The number of nitrogens with zero attached hydrogens (tertiary/aromatic N) is 2. The maximum Gasteiger partial charge on any atom is 0.279 e. The zero-order chi connectivity index (χ0) is 22.0. The molecule has 0 saturated carbocycles. The van der Waals surface area contributed by atoms with E-state index < -0.39 is 15.9 Å². The second kappa shape index (κ2) is 8.79. The van der Waals surface area contributed by atoms with Crippen molar-refractivity contribution in [3.05, 3.63) is 46.8 Å². The zero-order valence-electron chi connectivity index (χ0n) is 16.7. The van der Waals surface area contributed by atoms with Gasteiger partial charge in [-0.15, -0.1) is 0 Å². The van der Waals surface area contributed by atoms with E-state index in [1.54, 1.807) is 24.3 Å². The van der Waals surface area contributed by atoms with Gasteiger partial charge in [0.1, 0.15) is 13.2 Å². The number of ether oxygens (including phenoxy) is 3. The molecule has 164 valence electrons. The highest BCUT2D eigenvalue weighted by molar-refractivity contribution is 7.89. The number of aromatic nitrogens is 1. The van der Waals surface area contributed by atoms with Gasteiger partial charge in [0.25, 0.3) is 5.91 Å². The molecule has 3 aromatic rings. The number of carbonyl (C=O) groups excluding carboxylic acids is 1. The maximum absolute atomic E-state index is 12.9. The van der Waals surface area contributed by atoms with E-state index in [2.05, 4.69) is 4.99 Å². The van der Waals surface area contributed by atoms with Crippen molar-refractivity contribution in [2.24, 2.45) is 10.1 Å². The van der Waals surface area contributed by atoms with Gasteiger partial charge in [-0.2, -0.15) is 4.99 Å². The van der Waals surface area contributed by atoms with Crippen molar-refractivity contribution in [1.29, 1.82) is 0 Å². The normalized spacial score (nSPS) is 14.2. The van der Waals surface area contributed by atoms with Crippen LogP contribution in [0.25, 0.3) is 10.2 Å². The van der Waals surface area contributed by atoms with Crippen molar-refractivity contribution in [2.75, 3.05) is 26.4 Å². The second-order valence-electron chi connectivity index (χ2n) is 6.68. The van der Waals surface area contributed by atoms with Crippen molar-refractivity contribution >= 4 is 37.5 Å². The molecule has 0 radical (unpaired) electrons. The van der Waals surface area contributed by atoms with E-state index in [0.717, 1.165) is 5.52 Å². The molecular formula is C20H21N3O6S2. The van der Waals surface area contributed by atoms with Gasteiger partial charge in [-0.25, -0.2) is 13.6 Å². The van der Waals surface area contributed by atoms with Gasteiger partial charge in [0.2, 0.25) is 10.0 Å². The summed E-state index contributed by atoms with van der Waals surface area (Å²) < 4.78 is 42.4. The van der Waals surface area contributed by atoms with Crippen LogP contribution < -0.4 is 19.4 Å². The lowest BCUT2D eigenvalue weighted by Crippen LogP contribution is -2.20. The van der Waals surface area contributed by atoms with Gasteiger partial charge in [-0.3, -0.25) is 4.79 Å². The quantitative estimate of drug-likeness (QED) is 0.557. The summed E-state index contributed by atoms with van der Waals surface area (Å²) in [5.74, 6) is 0.651. The number of nitrogens with two attached hydrogens (primary N) is 1. The van der Waals surface area contributed by atoms with Crippen LogP contribution >= 0.6 is 11.3 Å². The molecule has 0 aliphatic carbocycles. The van der Waals surface area contributed by atoms with Crippen LogP contribution in [-0.2, 0) is 21.3 Å². The summed E-state index contributed by atoms with van der Waals surface area (Å²) in [6.07, 6.45) is 0. The minimum absolute atomic E-state index is 0.00270. The third-order valence-corrected chi connectivity index (χ3v) is 6.58. The molecule has 2 aromatic carbocycles. The lowest BCUT2D eigenvalue weighted by atomic mass is 10.2. The van der Waals surface area contributed by atoms with Crippen LogP contribution in [0.15, 0.2) is 46.3 Å². The molecule has 0 saturated heterocycles. The van der Waals surface area contributed by atoms with Gasteiger partial charge in [0.05, 0.1) is 21.7 Å². The van der Waals surface area contributed by atoms with Gasteiger partial charge in [0, 0.05) is 18.7 Å². The number of benzene rings is 2. The monoisotopic (exact) mass is 463 g/mol. The second-order valence-corrected chi connectivity index (χ2v) is 9.25. The van der Waals surface area contributed by atoms with Gasteiger partial charge >= 0.3 is 0 Å². The zero-order valence-corrected chi connectivity index (χ0v) is 18.4. The van der Waals surface area contributed by atoms with E-state index in [-0.39, 0.29) is 4.90 Å². The number of carbonyl (C=O) groups is 1. The Bertz CT molecular complexity index is 1310. The van der Waals surface area contributed by atoms with Crippen LogP contribution in [0.2, 0.25) is 0 Å². The third-order valence-electron chi connectivity index (χ3n) is 4.63. The first-order valence-corrected chi connectivity index (χ1v) is 12.0. The standard InChI is InChI=1S/C20H21N3O6S2/c1-2-27-8-7-23-15-5-4-14(31(21,25)26)12-18(15)30-20(23)22-19(24)13-3-6-16-17(11-13)29-10-9-28-16/h3-6,11-12H,2,7-10H2,1H3,(H2,21,25,26). The molecule has 1 aromatic heterocycles. The molecule has 0 spiro atoms. The van der Waals surface area contributed by atoms with Crippen LogP contribution in [-0.4, -0.2) is 45.3 Å². The van der Waals surface area contributed by atoms with E-state index >= 15 is 0 Å². The van der Waals surface area contributed by atoms with Crippen molar-refractivity contribution in [2.45, 2.75) is 18.4 Å². The predicted molar refractivity (Wildman–Crippen MR) is 115 cm³/mol. The number of primary sulfonamides is 1. The number of rotatable bonds is 6. The molecule has 0 unspecified atom stereocenters. The molecule has 2 N–H and O–H groups in total. The van der Waals surface area contributed by atoms with Gasteiger partial charge in [-0.05, 0) is 43.3 Å². The average molecular weight is 464 g/mol. The molecule has 11 heteroatoms. The van der Waals surface area contributed by atoms with E-state index in [1.807, 2.05) is 11.5 Å². The van der Waals surface area contributed by atoms with Crippen molar-refractivity contribution in [3.63, 3.8) is 0 Å². The maximum atomic E-state index is 12.9. The first kappa shape index (κ1) is 21.5. The van der Waals surface area contributed by atoms with Gasteiger partial charge < -0.3 is 18.8 Å². The Morgan fingerprint density at radius 2 is 1.97 bits per heavy atom. The Kier molecular flexibility index (Phi) is 6.10. The Hall–Kier alpha value is -2.73. The average Bonchev–Trinajstić information content (AvgIpc) is 3.09. The van der Waals surface area contributed by atoms with Crippen LogP contribution in [0.4, 0.5) is 0 Å². The highest BCUT2D eigenvalue weighted by Gasteiger charge is 2.16. The topological polar surface area (TPSA) is 122 Å². The molecule has 0 atom stereocenters. The van der Waals surface area contributed by atoms with Crippen LogP contribution in [0.3, 0.4) is 0 Å². The Morgan fingerprint density at radius 3 is 2.71 bits per heavy atom. The molecule has 31 heavy (non-hydrogen) atoms. The number of sulfonamides is 1. The Labute approximate surface area is 182 Å². The van der Waals surface area contributed by atoms with E-state index in [4.69, 9.17) is 19.3 Å². The van der Waals surface area contributed by atoms with Crippen molar-refractivity contribution in [1.82, 2.24) is 4.57 Å². The molecule has 1 amide bonds. The summed E-state index contributed by atoms with van der Waals surface area (Å²) in [6, 6.07) is 9.51. The van der Waals surface area contributed by atoms with Crippen molar-refractivity contribution < 1.29 is 27.4 Å². The summed E-state index contributed by atoms with van der Waals surface area (Å²) in [5.41, 5.74) is 1.11. The number of fused-ring (bicyclic) bond motifs is 2. The predicted octanol–water partition coefficient (Wildman–Crippen LogP) is 1.90. The van der Waals surface area contributed by atoms with E-state index in [1.165, 1.54) is 23.5 Å². The molecule has 1 aliphatic heterocycles. The van der Waals surface area contributed by atoms with Gasteiger partial charge in [-0.1, -0.05) is 11.3 Å². The highest BCUT2D eigenvalue weighted by atomic mass is 32.2. The first-order chi connectivity index (χ1) is 14.9. The fourth-order valence-corrected chi connectivity index (χ4v) is 4.87. The van der Waals surface area contributed by atoms with Crippen molar-refractivity contribution in [3.8, 4) is 11.5 Å². The Balaban J connectivity index is 1.77. The lowest BCUT2D eigenvalue weighted by molar-refractivity contribution is 0.0995. The van der Waals surface area contributed by atoms with E-state index in [0.29, 0.717) is 59.5 Å². The number of hydrogen-bond acceptors (Lipinski definition) is 7. The minimum Gasteiger partial charge on any atom is -0.486 e. The fourth-order valence-electron chi connectivity index (χ4n) is 3.16. The molecule has 0 bridgehead atoms.